The molecular formula is C29H35N3O4S. The van der Waals surface area contributed by atoms with Crippen molar-refractivity contribution in [2.75, 3.05) is 44.3 Å². The number of anilines is 1. The summed E-state index contributed by atoms with van der Waals surface area (Å²) in [5.74, 6) is -0.246. The Morgan fingerprint density at radius 2 is 2.00 bits per heavy atom. The summed E-state index contributed by atoms with van der Waals surface area (Å²) in [4.78, 5) is 20.9. The molecule has 2 fully saturated rings. The molecule has 2 aliphatic rings. The number of piperidine rings is 1. The van der Waals surface area contributed by atoms with Crippen LogP contribution in [0, 0.1) is 19.8 Å². The summed E-state index contributed by atoms with van der Waals surface area (Å²) < 4.78 is 11.8. The van der Waals surface area contributed by atoms with Crippen molar-refractivity contribution in [3.63, 3.8) is 0 Å². The molecule has 1 unspecified atom stereocenters. The van der Waals surface area contributed by atoms with Gasteiger partial charge in [0.25, 0.3) is 0 Å². The Bertz CT molecular complexity index is 1240. The third-order valence-corrected chi connectivity index (χ3v) is 8.15. The fourth-order valence-corrected chi connectivity index (χ4v) is 5.91. The molecule has 2 aromatic carbocycles. The first-order valence-electron chi connectivity index (χ1n) is 13.0. The lowest BCUT2D eigenvalue weighted by atomic mass is 9.99. The number of aliphatic carboxylic acids is 1. The molecule has 0 spiro atoms. The van der Waals surface area contributed by atoms with Gasteiger partial charge in [-0.15, -0.1) is 11.3 Å². The van der Waals surface area contributed by atoms with Crippen LogP contribution in [-0.2, 0) is 22.7 Å². The highest BCUT2D eigenvalue weighted by atomic mass is 32.1. The fourth-order valence-electron chi connectivity index (χ4n) is 5.05. The molecule has 0 bridgehead atoms. The average molecular weight is 522 g/mol. The molecule has 37 heavy (non-hydrogen) atoms. The van der Waals surface area contributed by atoms with Crippen LogP contribution in [0.1, 0.15) is 35.1 Å². The minimum atomic E-state index is -0.722. The van der Waals surface area contributed by atoms with Crippen molar-refractivity contribution < 1.29 is 19.4 Å². The Morgan fingerprint density at radius 1 is 1.16 bits per heavy atom. The van der Waals surface area contributed by atoms with Gasteiger partial charge in [-0.05, 0) is 55.5 Å². The molecule has 1 atom stereocenters. The highest BCUT2D eigenvalue weighted by Gasteiger charge is 2.27. The summed E-state index contributed by atoms with van der Waals surface area (Å²) in [6.07, 6.45) is 1.60. The third-order valence-electron chi connectivity index (χ3n) is 7.24. The quantitative estimate of drug-likeness (QED) is 0.440. The second-order valence-electron chi connectivity index (χ2n) is 10.1. The maximum Gasteiger partial charge on any atom is 0.308 e. The molecule has 0 saturated carbocycles. The molecule has 5 rings (SSSR count). The molecule has 0 radical (unpaired) electrons. The minimum Gasteiger partial charge on any atom is -0.488 e. The summed E-state index contributed by atoms with van der Waals surface area (Å²) in [7, 11) is 0. The van der Waals surface area contributed by atoms with E-state index in [-0.39, 0.29) is 5.92 Å². The smallest absolute Gasteiger partial charge is 0.308 e. The number of rotatable bonds is 8. The first kappa shape index (κ1) is 25.7. The highest BCUT2D eigenvalue weighted by molar-refractivity contribution is 7.14. The van der Waals surface area contributed by atoms with Crippen LogP contribution in [0.5, 0.6) is 5.75 Å². The molecule has 1 aromatic heterocycles. The number of carboxylic acid groups (broad SMARTS) is 1. The number of ether oxygens (including phenoxy) is 2. The second kappa shape index (κ2) is 11.6. The molecule has 196 valence electrons. The molecule has 2 aliphatic heterocycles. The maximum absolute atomic E-state index is 11.5. The van der Waals surface area contributed by atoms with Gasteiger partial charge < -0.3 is 19.5 Å². The van der Waals surface area contributed by atoms with E-state index in [1.54, 1.807) is 11.3 Å². The van der Waals surface area contributed by atoms with E-state index in [4.69, 9.17) is 14.5 Å². The summed E-state index contributed by atoms with van der Waals surface area (Å²) in [5.41, 5.74) is 6.70. The predicted molar refractivity (Wildman–Crippen MR) is 146 cm³/mol. The van der Waals surface area contributed by atoms with Crippen molar-refractivity contribution in [2.45, 2.75) is 39.8 Å². The Hall–Kier alpha value is -2.94. The number of nitrogens with zero attached hydrogens (tertiary/aromatic N) is 3. The zero-order chi connectivity index (χ0) is 25.8. The summed E-state index contributed by atoms with van der Waals surface area (Å²) >= 11 is 1.57. The largest absolute Gasteiger partial charge is 0.488 e. The lowest BCUT2D eigenvalue weighted by Crippen LogP contribution is -2.38. The third kappa shape index (κ3) is 6.32. The number of thiazole rings is 1. The normalized spacial score (nSPS) is 18.6. The van der Waals surface area contributed by atoms with Crippen molar-refractivity contribution in [3.05, 3.63) is 64.0 Å². The van der Waals surface area contributed by atoms with E-state index < -0.39 is 5.97 Å². The van der Waals surface area contributed by atoms with Crippen molar-refractivity contribution in [2.24, 2.45) is 5.92 Å². The Balaban J connectivity index is 1.28. The number of carbonyl (C=O) groups is 1. The van der Waals surface area contributed by atoms with Gasteiger partial charge in [0.05, 0.1) is 24.8 Å². The Kier molecular flexibility index (Phi) is 8.08. The zero-order valence-electron chi connectivity index (χ0n) is 21.6. The number of benzene rings is 2. The molecule has 0 aliphatic carbocycles. The van der Waals surface area contributed by atoms with Crippen LogP contribution < -0.4 is 9.64 Å². The predicted octanol–water partition coefficient (Wildman–Crippen LogP) is 5.14. The van der Waals surface area contributed by atoms with Gasteiger partial charge in [-0.1, -0.05) is 29.8 Å². The van der Waals surface area contributed by atoms with Crippen molar-refractivity contribution in [3.8, 4) is 17.0 Å². The van der Waals surface area contributed by atoms with Crippen LogP contribution in [0.3, 0.4) is 0 Å². The van der Waals surface area contributed by atoms with Crippen LogP contribution in [0.4, 0.5) is 5.13 Å². The number of aryl methyl sites for hydroxylation is 2. The van der Waals surface area contributed by atoms with Crippen LogP contribution in [-0.4, -0.2) is 60.4 Å². The number of morpholine rings is 1. The molecule has 7 nitrogen and oxygen atoms in total. The highest BCUT2D eigenvalue weighted by Crippen LogP contribution is 2.36. The number of hydrogen-bond donors (Lipinski definition) is 1. The van der Waals surface area contributed by atoms with E-state index in [0.29, 0.717) is 13.2 Å². The van der Waals surface area contributed by atoms with E-state index in [0.717, 1.165) is 79.9 Å². The lowest BCUT2D eigenvalue weighted by molar-refractivity contribution is -0.141. The van der Waals surface area contributed by atoms with Crippen LogP contribution in [0.15, 0.2) is 41.8 Å². The second-order valence-corrected chi connectivity index (χ2v) is 10.9. The molecule has 2 saturated heterocycles. The first-order chi connectivity index (χ1) is 18.0. The van der Waals surface area contributed by atoms with E-state index in [2.05, 4.69) is 54.0 Å². The summed E-state index contributed by atoms with van der Waals surface area (Å²) in [6.45, 7) is 10.6. The fraction of sp³-hybridized carbons (Fsp3) is 0.448. The van der Waals surface area contributed by atoms with Gasteiger partial charge in [-0.3, -0.25) is 9.69 Å². The van der Waals surface area contributed by atoms with E-state index >= 15 is 0 Å². The molecule has 8 heteroatoms. The van der Waals surface area contributed by atoms with Gasteiger partial charge in [0.15, 0.2) is 5.13 Å². The zero-order valence-corrected chi connectivity index (χ0v) is 22.4. The van der Waals surface area contributed by atoms with E-state index in [1.807, 2.05) is 11.4 Å². The van der Waals surface area contributed by atoms with Crippen molar-refractivity contribution in [1.29, 1.82) is 0 Å². The lowest BCUT2D eigenvalue weighted by Gasteiger charge is -2.30. The van der Waals surface area contributed by atoms with Gasteiger partial charge in [0, 0.05) is 43.7 Å². The van der Waals surface area contributed by atoms with Crippen LogP contribution >= 0.6 is 11.3 Å². The van der Waals surface area contributed by atoms with Gasteiger partial charge in [0.2, 0.25) is 0 Å². The van der Waals surface area contributed by atoms with Crippen molar-refractivity contribution in [1.82, 2.24) is 9.88 Å². The van der Waals surface area contributed by atoms with E-state index in [1.165, 1.54) is 16.7 Å². The molecule has 0 amide bonds. The number of aromatic nitrogens is 1. The minimum absolute atomic E-state index is 0.331. The van der Waals surface area contributed by atoms with Gasteiger partial charge >= 0.3 is 5.97 Å². The SMILES string of the molecule is Cc1ccc(OCc2ccc(CN3CCOCC3)cc2C)c(-c2csc(N3CCCC(C(=O)O)C3)n2)c1. The number of hydrogen-bond acceptors (Lipinski definition) is 7. The molecule has 3 aromatic rings. The topological polar surface area (TPSA) is 75.1 Å². The van der Waals surface area contributed by atoms with E-state index in [9.17, 15) is 9.90 Å². The molecule has 3 heterocycles. The molecule has 1 N–H and O–H groups in total. The average Bonchev–Trinajstić information content (AvgIpc) is 3.40. The number of carboxylic acids is 1. The summed E-state index contributed by atoms with van der Waals surface area (Å²) in [5, 5.41) is 12.4. The Morgan fingerprint density at radius 3 is 2.78 bits per heavy atom. The monoisotopic (exact) mass is 521 g/mol. The van der Waals surface area contributed by atoms with Crippen LogP contribution in [0.25, 0.3) is 11.3 Å². The molecular weight excluding hydrogens is 486 g/mol. The standard InChI is InChI=1S/C29H35N3O4S/c1-20-5-8-27(36-18-24-7-6-22(15-21(24)2)16-31-10-12-35-13-11-31)25(14-20)26-19-37-29(30-26)32-9-3-4-23(17-32)28(33)34/h5-8,14-15,19,23H,3-4,9-13,16-18H2,1-2H3,(H,33,34). The van der Waals surface area contributed by atoms with Gasteiger partial charge in [0.1, 0.15) is 12.4 Å². The Labute approximate surface area is 222 Å². The van der Waals surface area contributed by atoms with Crippen molar-refractivity contribution >= 4 is 22.4 Å². The van der Waals surface area contributed by atoms with Crippen LogP contribution in [0.2, 0.25) is 0 Å². The first-order valence-corrected chi connectivity index (χ1v) is 13.9. The maximum atomic E-state index is 11.5. The summed E-state index contributed by atoms with van der Waals surface area (Å²) in [6, 6.07) is 12.8. The van der Waals surface area contributed by atoms with Gasteiger partial charge in [-0.2, -0.15) is 0 Å². The van der Waals surface area contributed by atoms with Gasteiger partial charge in [-0.25, -0.2) is 4.98 Å².